The second-order valence-corrected chi connectivity index (χ2v) is 3.13. The molecule has 1 aliphatic rings. The van der Waals surface area contributed by atoms with Gasteiger partial charge in [-0.15, -0.1) is 0 Å². The summed E-state index contributed by atoms with van der Waals surface area (Å²) >= 11 is 0. The summed E-state index contributed by atoms with van der Waals surface area (Å²) in [6, 6.07) is 4.14. The predicted molar refractivity (Wildman–Crippen MR) is 45.9 cm³/mol. The molecule has 0 saturated heterocycles. The van der Waals surface area contributed by atoms with Gasteiger partial charge in [0.2, 0.25) is 0 Å². The quantitative estimate of drug-likeness (QED) is 0.633. The Labute approximate surface area is 70.0 Å². The molecule has 3 heteroatoms. The Hall–Kier alpha value is -1.22. The molecule has 0 fully saturated rings. The maximum atomic E-state index is 5.32. The average Bonchev–Trinajstić information content (AvgIpc) is 2.62. The van der Waals surface area contributed by atoms with Crippen molar-refractivity contribution in [3.05, 3.63) is 24.1 Å². The molecule has 3 nitrogen and oxygen atoms in total. The summed E-state index contributed by atoms with van der Waals surface area (Å²) in [7, 11) is 0. The van der Waals surface area contributed by atoms with E-state index in [0.717, 1.165) is 25.2 Å². The first-order valence-electron chi connectivity index (χ1n) is 4.21. The summed E-state index contributed by atoms with van der Waals surface area (Å²) in [6.45, 7) is 3.07. The van der Waals surface area contributed by atoms with E-state index in [1.807, 2.05) is 6.07 Å². The van der Waals surface area contributed by atoms with Gasteiger partial charge in [0.25, 0.3) is 0 Å². The fourth-order valence-corrected chi connectivity index (χ4v) is 1.85. The van der Waals surface area contributed by atoms with Gasteiger partial charge < -0.3 is 14.3 Å². The minimum absolute atomic E-state index is 0.962. The smallest absolute Gasteiger partial charge is 0.152 e. The van der Waals surface area contributed by atoms with Crippen LogP contribution >= 0.6 is 0 Å². The van der Waals surface area contributed by atoms with Crippen molar-refractivity contribution in [2.45, 2.75) is 13.1 Å². The summed E-state index contributed by atoms with van der Waals surface area (Å²) in [5, 5.41) is 3.33. The standard InChI is InChI=1S/C9H10N2O/c1-4-12-9-5-7-6-10-2-3-11(7)8(1)9/h1,4-5,10H,2-3,6H2. The molecule has 62 valence electrons. The summed E-state index contributed by atoms with van der Waals surface area (Å²) < 4.78 is 7.64. The topological polar surface area (TPSA) is 30.1 Å². The first-order chi connectivity index (χ1) is 5.95. The number of rotatable bonds is 0. The molecule has 0 amide bonds. The van der Waals surface area contributed by atoms with E-state index in [4.69, 9.17) is 4.42 Å². The molecule has 0 unspecified atom stereocenters. The number of nitrogens with one attached hydrogen (secondary N) is 1. The second kappa shape index (κ2) is 2.14. The Morgan fingerprint density at radius 3 is 3.50 bits per heavy atom. The van der Waals surface area contributed by atoms with Crippen LogP contribution in [0.5, 0.6) is 0 Å². The van der Waals surface area contributed by atoms with Crippen LogP contribution in [0.4, 0.5) is 0 Å². The molecular weight excluding hydrogens is 152 g/mol. The van der Waals surface area contributed by atoms with Gasteiger partial charge >= 0.3 is 0 Å². The van der Waals surface area contributed by atoms with Crippen molar-refractivity contribution >= 4 is 11.1 Å². The van der Waals surface area contributed by atoms with Crippen LogP contribution in [0.15, 0.2) is 22.8 Å². The number of furan rings is 1. The Bertz CT molecular complexity index is 413. The first-order valence-corrected chi connectivity index (χ1v) is 4.21. The second-order valence-electron chi connectivity index (χ2n) is 3.13. The summed E-state index contributed by atoms with van der Waals surface area (Å²) in [5.41, 5.74) is 3.57. The predicted octanol–water partition coefficient (Wildman–Crippen LogP) is 1.34. The monoisotopic (exact) mass is 162 g/mol. The third-order valence-electron chi connectivity index (χ3n) is 2.43. The molecule has 0 spiro atoms. The van der Waals surface area contributed by atoms with E-state index in [9.17, 15) is 0 Å². The molecule has 2 aromatic heterocycles. The number of fused-ring (bicyclic) bond motifs is 3. The molecule has 1 N–H and O–H groups in total. The van der Waals surface area contributed by atoms with Gasteiger partial charge in [0, 0.05) is 37.5 Å². The van der Waals surface area contributed by atoms with E-state index in [1.54, 1.807) is 6.26 Å². The van der Waals surface area contributed by atoms with E-state index < -0.39 is 0 Å². The van der Waals surface area contributed by atoms with Crippen LogP contribution in [0.3, 0.4) is 0 Å². The third kappa shape index (κ3) is 0.689. The van der Waals surface area contributed by atoms with Gasteiger partial charge in [-0.3, -0.25) is 0 Å². The van der Waals surface area contributed by atoms with E-state index in [2.05, 4.69) is 16.0 Å². The molecule has 12 heavy (non-hydrogen) atoms. The lowest BCUT2D eigenvalue weighted by molar-refractivity contribution is 0.527. The van der Waals surface area contributed by atoms with Gasteiger partial charge in [-0.25, -0.2) is 0 Å². The number of hydrogen-bond donors (Lipinski definition) is 1. The van der Waals surface area contributed by atoms with E-state index in [0.29, 0.717) is 0 Å². The van der Waals surface area contributed by atoms with Crippen LogP contribution in [0.2, 0.25) is 0 Å². The SMILES string of the molecule is c1cc2c(cc3n2CCNC3)o1. The highest BCUT2D eigenvalue weighted by molar-refractivity contribution is 5.75. The van der Waals surface area contributed by atoms with Crippen LogP contribution in [0, 0.1) is 0 Å². The van der Waals surface area contributed by atoms with Crippen molar-refractivity contribution in [3.8, 4) is 0 Å². The molecule has 0 atom stereocenters. The molecule has 0 radical (unpaired) electrons. The Morgan fingerprint density at radius 1 is 1.50 bits per heavy atom. The summed E-state index contributed by atoms with van der Waals surface area (Å²) in [5.74, 6) is 0. The lowest BCUT2D eigenvalue weighted by Gasteiger charge is -2.16. The Morgan fingerprint density at radius 2 is 2.50 bits per heavy atom. The lowest BCUT2D eigenvalue weighted by atomic mass is 10.3. The normalized spacial score (nSPS) is 16.7. The third-order valence-corrected chi connectivity index (χ3v) is 2.43. The lowest BCUT2D eigenvalue weighted by Crippen LogP contribution is -2.27. The number of aromatic nitrogens is 1. The maximum Gasteiger partial charge on any atom is 0.152 e. The molecule has 0 saturated carbocycles. The molecule has 0 aliphatic carbocycles. The highest BCUT2D eigenvalue weighted by Gasteiger charge is 2.13. The fraction of sp³-hybridized carbons (Fsp3) is 0.333. The van der Waals surface area contributed by atoms with Crippen molar-refractivity contribution in [1.82, 2.24) is 9.88 Å². The van der Waals surface area contributed by atoms with Gasteiger partial charge in [-0.2, -0.15) is 0 Å². The first kappa shape index (κ1) is 6.31. The average molecular weight is 162 g/mol. The number of nitrogens with zero attached hydrogens (tertiary/aromatic N) is 1. The summed E-state index contributed by atoms with van der Waals surface area (Å²) in [6.07, 6.45) is 1.75. The molecule has 0 aromatic carbocycles. The summed E-state index contributed by atoms with van der Waals surface area (Å²) in [4.78, 5) is 0. The van der Waals surface area contributed by atoms with Crippen molar-refractivity contribution in [2.24, 2.45) is 0 Å². The fourth-order valence-electron chi connectivity index (χ4n) is 1.85. The maximum absolute atomic E-state index is 5.32. The van der Waals surface area contributed by atoms with Crippen molar-refractivity contribution in [2.75, 3.05) is 6.54 Å². The van der Waals surface area contributed by atoms with Gasteiger partial charge in [0.15, 0.2) is 5.58 Å². The van der Waals surface area contributed by atoms with Crippen LogP contribution < -0.4 is 5.32 Å². The molecule has 3 rings (SSSR count). The van der Waals surface area contributed by atoms with Gasteiger partial charge in [-0.1, -0.05) is 0 Å². The highest BCUT2D eigenvalue weighted by atomic mass is 16.3. The minimum Gasteiger partial charge on any atom is -0.463 e. The minimum atomic E-state index is 0.962. The molecular formula is C9H10N2O. The van der Waals surface area contributed by atoms with Crippen molar-refractivity contribution < 1.29 is 4.42 Å². The van der Waals surface area contributed by atoms with Crippen LogP contribution in [0.25, 0.3) is 11.1 Å². The van der Waals surface area contributed by atoms with E-state index >= 15 is 0 Å². The van der Waals surface area contributed by atoms with Crippen molar-refractivity contribution in [3.63, 3.8) is 0 Å². The molecule has 1 aliphatic heterocycles. The van der Waals surface area contributed by atoms with Crippen LogP contribution in [-0.2, 0) is 13.1 Å². The largest absolute Gasteiger partial charge is 0.463 e. The Kier molecular flexibility index (Phi) is 1.12. The van der Waals surface area contributed by atoms with Gasteiger partial charge in [0.05, 0.1) is 11.8 Å². The van der Waals surface area contributed by atoms with Gasteiger partial charge in [0.1, 0.15) is 0 Å². The van der Waals surface area contributed by atoms with E-state index in [1.165, 1.54) is 11.2 Å². The molecule has 3 heterocycles. The molecule has 2 aromatic rings. The van der Waals surface area contributed by atoms with Crippen LogP contribution in [0.1, 0.15) is 5.69 Å². The van der Waals surface area contributed by atoms with Gasteiger partial charge in [-0.05, 0) is 0 Å². The zero-order valence-electron chi connectivity index (χ0n) is 6.71. The Balaban J connectivity index is 2.34. The number of hydrogen-bond acceptors (Lipinski definition) is 2. The molecule has 0 bridgehead atoms. The zero-order chi connectivity index (χ0) is 7.97. The van der Waals surface area contributed by atoms with E-state index in [-0.39, 0.29) is 0 Å². The van der Waals surface area contributed by atoms with Crippen LogP contribution in [-0.4, -0.2) is 11.1 Å². The zero-order valence-corrected chi connectivity index (χ0v) is 6.71. The van der Waals surface area contributed by atoms with Crippen molar-refractivity contribution in [1.29, 1.82) is 0 Å². The highest BCUT2D eigenvalue weighted by Crippen LogP contribution is 2.21.